The van der Waals surface area contributed by atoms with Crippen LogP contribution in [-0.4, -0.2) is 24.1 Å². The highest BCUT2D eigenvalue weighted by Gasteiger charge is 2.09. The van der Waals surface area contributed by atoms with Crippen LogP contribution >= 0.6 is 11.6 Å². The third-order valence-electron chi connectivity index (χ3n) is 3.73. The standard InChI is InChI=1S/C19H20ClNO4/c1-25-17-9-8-15(20)12-16(17)21-18(22)10-6-13-2-4-14(5-3-13)7-11-19(23)24/h2-5,8-9,12H,6-7,10-11H2,1H3,(H,21,22)(H,23,24). The Morgan fingerprint density at radius 1 is 1.04 bits per heavy atom. The smallest absolute Gasteiger partial charge is 0.303 e. The first-order valence-corrected chi connectivity index (χ1v) is 8.28. The molecule has 0 spiro atoms. The maximum Gasteiger partial charge on any atom is 0.303 e. The summed E-state index contributed by atoms with van der Waals surface area (Å²) in [5.74, 6) is -0.381. The number of aryl methyl sites for hydroxylation is 2. The van der Waals surface area contributed by atoms with E-state index >= 15 is 0 Å². The third-order valence-corrected chi connectivity index (χ3v) is 3.96. The Balaban J connectivity index is 1.87. The zero-order chi connectivity index (χ0) is 18.2. The Labute approximate surface area is 151 Å². The van der Waals surface area contributed by atoms with Crippen LogP contribution in [0.2, 0.25) is 5.02 Å². The van der Waals surface area contributed by atoms with Gasteiger partial charge in [-0.05, 0) is 42.2 Å². The van der Waals surface area contributed by atoms with E-state index in [1.807, 2.05) is 24.3 Å². The van der Waals surface area contributed by atoms with E-state index in [2.05, 4.69) is 5.32 Å². The van der Waals surface area contributed by atoms with Crippen LogP contribution in [0, 0.1) is 0 Å². The molecule has 0 aliphatic heterocycles. The van der Waals surface area contributed by atoms with E-state index in [0.29, 0.717) is 35.7 Å². The molecule has 2 aromatic rings. The lowest BCUT2D eigenvalue weighted by molar-refractivity contribution is -0.137. The number of carbonyl (C=O) groups is 2. The largest absolute Gasteiger partial charge is 0.495 e. The van der Waals surface area contributed by atoms with Gasteiger partial charge in [-0.3, -0.25) is 9.59 Å². The van der Waals surface area contributed by atoms with E-state index in [0.717, 1.165) is 11.1 Å². The van der Waals surface area contributed by atoms with Crippen molar-refractivity contribution in [3.8, 4) is 5.75 Å². The molecule has 1 amide bonds. The maximum absolute atomic E-state index is 12.1. The molecule has 0 radical (unpaired) electrons. The lowest BCUT2D eigenvalue weighted by Crippen LogP contribution is -2.13. The van der Waals surface area contributed by atoms with Crippen molar-refractivity contribution in [1.29, 1.82) is 0 Å². The molecular weight excluding hydrogens is 342 g/mol. The van der Waals surface area contributed by atoms with Crippen molar-refractivity contribution in [3.05, 3.63) is 58.6 Å². The van der Waals surface area contributed by atoms with Gasteiger partial charge in [0.1, 0.15) is 5.75 Å². The normalized spacial score (nSPS) is 10.3. The SMILES string of the molecule is COc1ccc(Cl)cc1NC(=O)CCc1ccc(CCC(=O)O)cc1. The summed E-state index contributed by atoms with van der Waals surface area (Å²) < 4.78 is 5.20. The van der Waals surface area contributed by atoms with Gasteiger partial charge < -0.3 is 15.2 Å². The summed E-state index contributed by atoms with van der Waals surface area (Å²) >= 11 is 5.95. The lowest BCUT2D eigenvalue weighted by Gasteiger charge is -2.10. The fourth-order valence-corrected chi connectivity index (χ4v) is 2.54. The molecule has 0 saturated heterocycles. The van der Waals surface area contributed by atoms with E-state index in [-0.39, 0.29) is 12.3 Å². The molecule has 132 valence electrons. The van der Waals surface area contributed by atoms with Crippen molar-refractivity contribution in [2.24, 2.45) is 0 Å². The Morgan fingerprint density at radius 2 is 1.64 bits per heavy atom. The highest BCUT2D eigenvalue weighted by Crippen LogP contribution is 2.27. The van der Waals surface area contributed by atoms with Crippen molar-refractivity contribution in [2.45, 2.75) is 25.7 Å². The minimum Gasteiger partial charge on any atom is -0.495 e. The van der Waals surface area contributed by atoms with Gasteiger partial charge in [0.25, 0.3) is 0 Å². The molecule has 25 heavy (non-hydrogen) atoms. The molecule has 6 heteroatoms. The summed E-state index contributed by atoms with van der Waals surface area (Å²) in [6, 6.07) is 12.7. The molecule has 0 aliphatic carbocycles. The minimum absolute atomic E-state index is 0.114. The van der Waals surface area contributed by atoms with Crippen LogP contribution in [0.4, 0.5) is 5.69 Å². The number of rotatable bonds is 8. The predicted molar refractivity (Wildman–Crippen MR) is 97.4 cm³/mol. The number of carboxylic acids is 1. The molecule has 0 saturated carbocycles. The molecule has 2 N–H and O–H groups in total. The van der Waals surface area contributed by atoms with Crippen LogP contribution in [-0.2, 0) is 22.4 Å². The number of hydrogen-bond acceptors (Lipinski definition) is 3. The second kappa shape index (κ2) is 9.08. The summed E-state index contributed by atoms with van der Waals surface area (Å²) in [4.78, 5) is 22.7. The van der Waals surface area contributed by atoms with Gasteiger partial charge in [0.15, 0.2) is 0 Å². The Bertz CT molecular complexity index is 744. The van der Waals surface area contributed by atoms with Crippen LogP contribution in [0.3, 0.4) is 0 Å². The average Bonchev–Trinajstić information content (AvgIpc) is 2.59. The number of hydrogen-bond donors (Lipinski definition) is 2. The molecule has 0 aromatic heterocycles. The van der Waals surface area contributed by atoms with Gasteiger partial charge in [-0.2, -0.15) is 0 Å². The highest BCUT2D eigenvalue weighted by atomic mass is 35.5. The molecule has 5 nitrogen and oxygen atoms in total. The van der Waals surface area contributed by atoms with E-state index in [1.54, 1.807) is 18.2 Å². The van der Waals surface area contributed by atoms with Gasteiger partial charge in [-0.25, -0.2) is 0 Å². The second-order valence-electron chi connectivity index (χ2n) is 5.60. The quantitative estimate of drug-likeness (QED) is 0.746. The summed E-state index contributed by atoms with van der Waals surface area (Å²) in [6.07, 6.45) is 1.53. The number of carbonyl (C=O) groups excluding carboxylic acids is 1. The van der Waals surface area contributed by atoms with Gasteiger partial charge in [0.2, 0.25) is 5.91 Å². The monoisotopic (exact) mass is 361 g/mol. The maximum atomic E-state index is 12.1. The van der Waals surface area contributed by atoms with Crippen molar-refractivity contribution in [2.75, 3.05) is 12.4 Å². The van der Waals surface area contributed by atoms with E-state index in [9.17, 15) is 9.59 Å². The zero-order valence-corrected chi connectivity index (χ0v) is 14.7. The van der Waals surface area contributed by atoms with Crippen molar-refractivity contribution in [1.82, 2.24) is 0 Å². The number of amides is 1. The van der Waals surface area contributed by atoms with Gasteiger partial charge in [0, 0.05) is 17.9 Å². The predicted octanol–water partition coefficient (Wildman–Crippen LogP) is 3.94. The van der Waals surface area contributed by atoms with Crippen LogP contribution in [0.1, 0.15) is 24.0 Å². The Hall–Kier alpha value is -2.53. The molecule has 0 bridgehead atoms. The van der Waals surface area contributed by atoms with Crippen LogP contribution in [0.15, 0.2) is 42.5 Å². The minimum atomic E-state index is -0.808. The highest BCUT2D eigenvalue weighted by molar-refractivity contribution is 6.31. The van der Waals surface area contributed by atoms with E-state index in [1.165, 1.54) is 7.11 Å². The lowest BCUT2D eigenvalue weighted by atomic mass is 10.0. The number of benzene rings is 2. The Morgan fingerprint density at radius 3 is 2.20 bits per heavy atom. The van der Waals surface area contributed by atoms with E-state index < -0.39 is 5.97 Å². The fraction of sp³-hybridized carbons (Fsp3) is 0.263. The fourth-order valence-electron chi connectivity index (χ4n) is 2.37. The van der Waals surface area contributed by atoms with Gasteiger partial charge in [-0.15, -0.1) is 0 Å². The number of methoxy groups -OCH3 is 1. The van der Waals surface area contributed by atoms with Crippen molar-refractivity contribution < 1.29 is 19.4 Å². The number of anilines is 1. The van der Waals surface area contributed by atoms with Gasteiger partial charge in [-0.1, -0.05) is 35.9 Å². The number of nitrogens with one attached hydrogen (secondary N) is 1. The van der Waals surface area contributed by atoms with Crippen LogP contribution in [0.25, 0.3) is 0 Å². The van der Waals surface area contributed by atoms with Crippen LogP contribution < -0.4 is 10.1 Å². The molecule has 0 heterocycles. The van der Waals surface area contributed by atoms with E-state index in [4.69, 9.17) is 21.4 Å². The number of halogens is 1. The van der Waals surface area contributed by atoms with Crippen molar-refractivity contribution >= 4 is 29.2 Å². The van der Waals surface area contributed by atoms with Crippen molar-refractivity contribution in [3.63, 3.8) is 0 Å². The topological polar surface area (TPSA) is 75.6 Å². The molecule has 0 fully saturated rings. The number of carboxylic acid groups (broad SMARTS) is 1. The van der Waals surface area contributed by atoms with Gasteiger partial charge in [0.05, 0.1) is 12.8 Å². The molecule has 2 rings (SSSR count). The first kappa shape index (κ1) is 18.8. The molecule has 0 aliphatic rings. The summed E-state index contributed by atoms with van der Waals surface area (Å²) in [6.45, 7) is 0. The Kier molecular flexibility index (Phi) is 6.83. The summed E-state index contributed by atoms with van der Waals surface area (Å²) in [5.41, 5.74) is 2.54. The molecule has 0 atom stereocenters. The average molecular weight is 362 g/mol. The zero-order valence-electron chi connectivity index (χ0n) is 13.9. The molecule has 0 unspecified atom stereocenters. The first-order valence-electron chi connectivity index (χ1n) is 7.91. The summed E-state index contributed by atoms with van der Waals surface area (Å²) in [7, 11) is 1.53. The summed E-state index contributed by atoms with van der Waals surface area (Å²) in [5, 5.41) is 12.0. The molecular formula is C19H20ClNO4. The number of ether oxygens (including phenoxy) is 1. The van der Waals surface area contributed by atoms with Gasteiger partial charge >= 0.3 is 5.97 Å². The third kappa shape index (κ3) is 6.12. The second-order valence-corrected chi connectivity index (χ2v) is 6.04. The molecule has 2 aromatic carbocycles. The first-order chi connectivity index (χ1) is 12.0. The van der Waals surface area contributed by atoms with Crippen LogP contribution in [0.5, 0.6) is 5.75 Å². The number of aliphatic carboxylic acids is 1.